The Hall–Kier alpha value is -1.38. The van der Waals surface area contributed by atoms with Gasteiger partial charge in [0.2, 0.25) is 0 Å². The first-order chi connectivity index (χ1) is 9.24. The van der Waals surface area contributed by atoms with Crippen LogP contribution in [0, 0.1) is 0 Å². The molecule has 0 aliphatic heterocycles. The van der Waals surface area contributed by atoms with E-state index in [9.17, 15) is 0 Å². The normalized spacial score (nSPS) is 19.1. The number of benzene rings is 2. The lowest BCUT2D eigenvalue weighted by Gasteiger charge is -2.42. The summed E-state index contributed by atoms with van der Waals surface area (Å²) >= 11 is 0. The predicted octanol–water partition coefficient (Wildman–Crippen LogP) is 3.80. The molecule has 0 bridgehead atoms. The van der Waals surface area contributed by atoms with Crippen LogP contribution in [0.1, 0.15) is 37.3 Å². The maximum Gasteiger partial charge on any atom is 0.0696 e. The number of hydrogen-bond donors (Lipinski definition) is 1. The van der Waals surface area contributed by atoms with E-state index in [1.807, 2.05) is 7.11 Å². The molecule has 0 spiro atoms. The lowest BCUT2D eigenvalue weighted by atomic mass is 9.74. The summed E-state index contributed by atoms with van der Waals surface area (Å²) in [6, 6.07) is 14.9. The second-order valence-corrected chi connectivity index (χ2v) is 5.62. The van der Waals surface area contributed by atoms with Gasteiger partial charge in [0.25, 0.3) is 0 Å². The highest BCUT2D eigenvalue weighted by Gasteiger charge is 2.38. The van der Waals surface area contributed by atoms with Crippen molar-refractivity contribution in [2.24, 2.45) is 5.73 Å². The van der Waals surface area contributed by atoms with Crippen molar-refractivity contribution in [3.8, 4) is 0 Å². The third-order valence-corrected chi connectivity index (χ3v) is 4.51. The Bertz CT molecular complexity index is 563. The van der Waals surface area contributed by atoms with E-state index in [0.717, 1.165) is 19.3 Å². The molecule has 1 aliphatic carbocycles. The van der Waals surface area contributed by atoms with Crippen LogP contribution in [-0.4, -0.2) is 12.7 Å². The Morgan fingerprint density at radius 3 is 2.58 bits per heavy atom. The van der Waals surface area contributed by atoms with E-state index in [2.05, 4.69) is 42.5 Å². The molecule has 0 radical (unpaired) electrons. The molecule has 0 aromatic heterocycles. The van der Waals surface area contributed by atoms with E-state index in [-0.39, 0.29) is 11.6 Å². The van der Waals surface area contributed by atoms with Gasteiger partial charge in [0.05, 0.1) is 5.60 Å². The van der Waals surface area contributed by atoms with E-state index < -0.39 is 0 Å². The monoisotopic (exact) mass is 255 g/mol. The van der Waals surface area contributed by atoms with Crippen molar-refractivity contribution >= 4 is 10.8 Å². The van der Waals surface area contributed by atoms with Crippen molar-refractivity contribution in [3.63, 3.8) is 0 Å². The molecule has 1 unspecified atom stereocenters. The van der Waals surface area contributed by atoms with Gasteiger partial charge in [-0.2, -0.15) is 0 Å². The maximum atomic E-state index is 6.45. The van der Waals surface area contributed by atoms with Crippen molar-refractivity contribution in [2.45, 2.75) is 37.3 Å². The van der Waals surface area contributed by atoms with Crippen molar-refractivity contribution in [3.05, 3.63) is 48.0 Å². The topological polar surface area (TPSA) is 35.2 Å². The molecule has 0 amide bonds. The lowest BCUT2D eigenvalue weighted by molar-refractivity contribution is -0.0816. The number of hydrogen-bond acceptors (Lipinski definition) is 2. The van der Waals surface area contributed by atoms with Gasteiger partial charge >= 0.3 is 0 Å². The Balaban J connectivity index is 1.91. The van der Waals surface area contributed by atoms with Crippen LogP contribution in [0.15, 0.2) is 42.5 Å². The summed E-state index contributed by atoms with van der Waals surface area (Å²) < 4.78 is 5.70. The molecular weight excluding hydrogens is 234 g/mol. The highest BCUT2D eigenvalue weighted by atomic mass is 16.5. The first-order valence-corrected chi connectivity index (χ1v) is 7.02. The summed E-state index contributed by atoms with van der Waals surface area (Å²) in [4.78, 5) is 0. The predicted molar refractivity (Wildman–Crippen MR) is 79.1 cm³/mol. The summed E-state index contributed by atoms with van der Waals surface area (Å²) in [6.45, 7) is 0. The molecule has 3 rings (SSSR count). The van der Waals surface area contributed by atoms with Crippen molar-refractivity contribution in [2.75, 3.05) is 7.11 Å². The number of fused-ring (bicyclic) bond motifs is 1. The van der Waals surface area contributed by atoms with Crippen molar-refractivity contribution < 1.29 is 4.74 Å². The fourth-order valence-electron chi connectivity index (χ4n) is 3.15. The van der Waals surface area contributed by atoms with Gasteiger partial charge in [0.1, 0.15) is 0 Å². The highest BCUT2D eigenvalue weighted by molar-refractivity contribution is 5.86. The van der Waals surface area contributed by atoms with Crippen molar-refractivity contribution in [1.29, 1.82) is 0 Å². The van der Waals surface area contributed by atoms with E-state index in [4.69, 9.17) is 10.5 Å². The number of ether oxygens (including phenoxy) is 1. The van der Waals surface area contributed by atoms with E-state index in [1.54, 1.807) is 0 Å². The van der Waals surface area contributed by atoms with Crippen molar-refractivity contribution in [1.82, 2.24) is 0 Å². The standard InChI is InChI=1S/C17H21NO/c1-19-17(10-5-11-17)12-16(18)15-9-4-7-13-6-2-3-8-14(13)15/h2-4,6-9,16H,5,10-12,18H2,1H3. The average Bonchev–Trinajstić information content (AvgIpc) is 2.42. The highest BCUT2D eigenvalue weighted by Crippen LogP contribution is 2.42. The van der Waals surface area contributed by atoms with Gasteiger partial charge in [0, 0.05) is 13.2 Å². The summed E-state index contributed by atoms with van der Waals surface area (Å²) in [5, 5.41) is 2.53. The minimum Gasteiger partial charge on any atom is -0.378 e. The Labute approximate surface area is 114 Å². The Morgan fingerprint density at radius 2 is 1.89 bits per heavy atom. The quantitative estimate of drug-likeness (QED) is 0.902. The molecule has 1 aliphatic rings. The van der Waals surface area contributed by atoms with Crippen LogP contribution in [0.5, 0.6) is 0 Å². The van der Waals surface area contributed by atoms with Crippen LogP contribution in [0.3, 0.4) is 0 Å². The fourth-order valence-corrected chi connectivity index (χ4v) is 3.15. The minimum atomic E-state index is 0.0242. The van der Waals surface area contributed by atoms with E-state index in [1.165, 1.54) is 22.8 Å². The second-order valence-electron chi connectivity index (χ2n) is 5.62. The fraction of sp³-hybridized carbons (Fsp3) is 0.412. The maximum absolute atomic E-state index is 6.45. The van der Waals surface area contributed by atoms with Crippen LogP contribution >= 0.6 is 0 Å². The summed E-state index contributed by atoms with van der Waals surface area (Å²) in [7, 11) is 1.81. The first-order valence-electron chi connectivity index (χ1n) is 7.02. The van der Waals surface area contributed by atoms with Crippen LogP contribution < -0.4 is 5.73 Å². The molecule has 100 valence electrons. The van der Waals surface area contributed by atoms with Crippen LogP contribution in [0.25, 0.3) is 10.8 Å². The zero-order valence-corrected chi connectivity index (χ0v) is 11.4. The Kier molecular flexibility index (Phi) is 3.29. The van der Waals surface area contributed by atoms with E-state index >= 15 is 0 Å². The molecule has 1 saturated carbocycles. The number of rotatable bonds is 4. The summed E-state index contributed by atoms with van der Waals surface area (Å²) in [5.41, 5.74) is 7.71. The molecular formula is C17H21NO. The molecule has 2 aromatic rings. The molecule has 0 saturated heterocycles. The minimum absolute atomic E-state index is 0.0242. The molecule has 2 nitrogen and oxygen atoms in total. The lowest BCUT2D eigenvalue weighted by Crippen LogP contribution is -2.41. The zero-order valence-electron chi connectivity index (χ0n) is 11.4. The summed E-state index contributed by atoms with van der Waals surface area (Å²) in [5.74, 6) is 0. The van der Waals surface area contributed by atoms with Gasteiger partial charge in [-0.1, -0.05) is 42.5 Å². The van der Waals surface area contributed by atoms with Gasteiger partial charge in [-0.15, -0.1) is 0 Å². The molecule has 1 fully saturated rings. The SMILES string of the molecule is COC1(CC(N)c2cccc3ccccc23)CCC1. The largest absolute Gasteiger partial charge is 0.378 e. The molecule has 1 atom stereocenters. The summed E-state index contributed by atoms with van der Waals surface area (Å²) in [6.07, 6.45) is 4.46. The van der Waals surface area contributed by atoms with Crippen LogP contribution in [0.2, 0.25) is 0 Å². The van der Waals surface area contributed by atoms with Crippen LogP contribution in [0.4, 0.5) is 0 Å². The van der Waals surface area contributed by atoms with Gasteiger partial charge < -0.3 is 10.5 Å². The number of nitrogens with two attached hydrogens (primary N) is 1. The van der Waals surface area contributed by atoms with E-state index in [0.29, 0.717) is 0 Å². The molecule has 0 heterocycles. The third-order valence-electron chi connectivity index (χ3n) is 4.51. The van der Waals surface area contributed by atoms with Gasteiger partial charge in [-0.05, 0) is 42.0 Å². The molecule has 2 heteroatoms. The van der Waals surface area contributed by atoms with Gasteiger partial charge in [-0.25, -0.2) is 0 Å². The van der Waals surface area contributed by atoms with Gasteiger partial charge in [-0.3, -0.25) is 0 Å². The first kappa shape index (κ1) is 12.6. The second kappa shape index (κ2) is 4.95. The Morgan fingerprint density at radius 1 is 1.16 bits per heavy atom. The average molecular weight is 255 g/mol. The smallest absolute Gasteiger partial charge is 0.0696 e. The van der Waals surface area contributed by atoms with Crippen LogP contribution in [-0.2, 0) is 4.74 Å². The molecule has 2 aromatic carbocycles. The molecule has 19 heavy (non-hydrogen) atoms. The zero-order chi connectivity index (χ0) is 13.3. The van der Waals surface area contributed by atoms with Gasteiger partial charge in [0.15, 0.2) is 0 Å². The molecule has 2 N–H and O–H groups in total. The number of methoxy groups -OCH3 is 1. The third kappa shape index (κ3) is 2.26.